The van der Waals surface area contributed by atoms with Gasteiger partial charge in [-0.2, -0.15) is 4.52 Å². The highest BCUT2D eigenvalue weighted by atomic mass is 16.2. The predicted molar refractivity (Wildman–Crippen MR) is 134 cm³/mol. The van der Waals surface area contributed by atoms with Crippen molar-refractivity contribution in [1.29, 1.82) is 0 Å². The second-order valence-corrected chi connectivity index (χ2v) is 9.41. The highest BCUT2D eigenvalue weighted by Crippen LogP contribution is 2.24. The van der Waals surface area contributed by atoms with Gasteiger partial charge < -0.3 is 4.90 Å². The molecule has 0 bridgehead atoms. The fourth-order valence-electron chi connectivity index (χ4n) is 4.78. The summed E-state index contributed by atoms with van der Waals surface area (Å²) < 4.78 is 1.59. The number of nitrogens with zero attached hydrogens (tertiary/aromatic N) is 5. The zero-order chi connectivity index (χ0) is 24.4. The van der Waals surface area contributed by atoms with Crippen molar-refractivity contribution >= 4 is 34.3 Å². The maximum atomic E-state index is 12.6. The summed E-state index contributed by atoms with van der Waals surface area (Å²) in [6, 6.07) is 17.4. The zero-order valence-electron chi connectivity index (χ0n) is 19.9. The van der Waals surface area contributed by atoms with Crippen LogP contribution < -0.4 is 10.9 Å². The van der Waals surface area contributed by atoms with Crippen molar-refractivity contribution in [3.05, 3.63) is 54.6 Å². The first-order valence-corrected chi connectivity index (χ1v) is 12.0. The summed E-state index contributed by atoms with van der Waals surface area (Å²) in [5.74, 6) is 1.61. The lowest BCUT2D eigenvalue weighted by atomic mass is 9.91. The summed E-state index contributed by atoms with van der Waals surface area (Å²) in [5, 5.41) is 5.49. The van der Waals surface area contributed by atoms with Crippen LogP contribution in [0.2, 0.25) is 0 Å². The van der Waals surface area contributed by atoms with Crippen molar-refractivity contribution < 1.29 is 9.59 Å². The van der Waals surface area contributed by atoms with Crippen LogP contribution in [-0.4, -0.2) is 49.4 Å². The molecule has 9 heteroatoms. The minimum atomic E-state index is -0.289. The van der Waals surface area contributed by atoms with Gasteiger partial charge in [0.2, 0.25) is 17.8 Å². The first-order chi connectivity index (χ1) is 17.0. The fourth-order valence-corrected chi connectivity index (χ4v) is 4.78. The van der Waals surface area contributed by atoms with E-state index in [1.54, 1.807) is 4.52 Å². The minimum Gasteiger partial charge on any atom is -0.342 e. The van der Waals surface area contributed by atoms with E-state index in [9.17, 15) is 9.59 Å². The molecule has 2 atom stereocenters. The Balaban J connectivity index is 1.31. The molecule has 9 nitrogen and oxygen atoms in total. The normalized spacial score (nSPS) is 18.1. The van der Waals surface area contributed by atoms with E-state index in [-0.39, 0.29) is 24.7 Å². The molecule has 1 fully saturated rings. The van der Waals surface area contributed by atoms with Gasteiger partial charge in [-0.3, -0.25) is 20.4 Å². The summed E-state index contributed by atoms with van der Waals surface area (Å²) in [7, 11) is 0. The molecule has 3 heterocycles. The van der Waals surface area contributed by atoms with Gasteiger partial charge in [0.25, 0.3) is 0 Å². The Bertz CT molecular complexity index is 1360. The lowest BCUT2D eigenvalue weighted by Crippen LogP contribution is -2.43. The van der Waals surface area contributed by atoms with E-state index in [1.165, 1.54) is 0 Å². The molecule has 0 aliphatic carbocycles. The molecule has 1 saturated heterocycles. The molecule has 1 aliphatic heterocycles. The molecular formula is C26H29N7O2. The third kappa shape index (κ3) is 4.94. The number of hydrazine groups is 1. The molecule has 0 spiro atoms. The van der Waals surface area contributed by atoms with Crippen LogP contribution >= 0.6 is 0 Å². The van der Waals surface area contributed by atoms with E-state index in [4.69, 9.17) is 4.98 Å². The third-order valence-electron chi connectivity index (χ3n) is 6.31. The number of carbonyl (C=O) groups is 2. The van der Waals surface area contributed by atoms with Crippen LogP contribution in [0.5, 0.6) is 0 Å². The molecule has 4 aromatic rings. The lowest BCUT2D eigenvalue weighted by molar-refractivity contribution is -0.135. The summed E-state index contributed by atoms with van der Waals surface area (Å²) in [5.41, 5.74) is 7.80. The molecule has 1 aliphatic rings. The molecular weight excluding hydrogens is 442 g/mol. The van der Waals surface area contributed by atoms with Crippen LogP contribution in [0.3, 0.4) is 0 Å². The smallest absolute Gasteiger partial charge is 0.245 e. The molecule has 180 valence electrons. The SMILES string of the molecule is C[C@H]1C[C@H](C)CN(C(=O)CCC(=O)NNc2nc3ccccc3c3nc(-c4ccccc4)nn23)C1. The largest absolute Gasteiger partial charge is 0.342 e. The van der Waals surface area contributed by atoms with Crippen LogP contribution in [0, 0.1) is 11.8 Å². The molecule has 2 amide bonds. The van der Waals surface area contributed by atoms with E-state index < -0.39 is 0 Å². The van der Waals surface area contributed by atoms with Crippen molar-refractivity contribution in [2.75, 3.05) is 18.5 Å². The Kier molecular flexibility index (Phi) is 6.31. The third-order valence-corrected chi connectivity index (χ3v) is 6.31. The van der Waals surface area contributed by atoms with E-state index in [2.05, 4.69) is 34.8 Å². The number of rotatable bonds is 6. The first-order valence-electron chi connectivity index (χ1n) is 12.0. The predicted octanol–water partition coefficient (Wildman–Crippen LogP) is 3.67. The Labute approximate surface area is 203 Å². The number of benzene rings is 2. The summed E-state index contributed by atoms with van der Waals surface area (Å²) in [6.07, 6.45) is 1.40. The molecule has 0 unspecified atom stereocenters. The average molecular weight is 472 g/mol. The Morgan fingerprint density at radius 1 is 0.943 bits per heavy atom. The number of hydrogen-bond acceptors (Lipinski definition) is 6. The number of piperidine rings is 1. The Morgan fingerprint density at radius 3 is 2.43 bits per heavy atom. The van der Waals surface area contributed by atoms with Crippen LogP contribution in [0.15, 0.2) is 54.6 Å². The molecule has 2 aromatic heterocycles. The lowest BCUT2D eigenvalue weighted by Gasteiger charge is -2.35. The molecule has 35 heavy (non-hydrogen) atoms. The van der Waals surface area contributed by atoms with Gasteiger partial charge in [-0.15, -0.1) is 5.10 Å². The number of fused-ring (bicyclic) bond motifs is 3. The highest BCUT2D eigenvalue weighted by Gasteiger charge is 2.25. The number of para-hydroxylation sites is 1. The minimum absolute atomic E-state index is 0.0218. The number of carbonyl (C=O) groups excluding carboxylic acids is 2. The average Bonchev–Trinajstić information content (AvgIpc) is 3.32. The van der Waals surface area contributed by atoms with Crippen molar-refractivity contribution in [1.82, 2.24) is 29.9 Å². The topological polar surface area (TPSA) is 105 Å². The number of likely N-dealkylation sites (tertiary alicyclic amines) is 1. The monoisotopic (exact) mass is 471 g/mol. The fraction of sp³-hybridized carbons (Fsp3) is 0.346. The molecule has 0 saturated carbocycles. The van der Waals surface area contributed by atoms with Gasteiger partial charge in [0, 0.05) is 36.9 Å². The van der Waals surface area contributed by atoms with Gasteiger partial charge in [0.05, 0.1) is 5.52 Å². The standard InChI is InChI=1S/C26H29N7O2/c1-17-14-18(2)16-32(15-17)23(35)13-12-22(34)29-30-26-27-21-11-7-6-10-20(21)25-28-24(31-33(25)26)19-8-4-3-5-9-19/h3-11,17-18H,12-16H2,1-2H3,(H,27,30)(H,29,34)/t17-,18-/m0/s1. The maximum absolute atomic E-state index is 12.6. The molecule has 5 rings (SSSR count). The van der Waals surface area contributed by atoms with Gasteiger partial charge in [-0.25, -0.2) is 9.97 Å². The van der Waals surface area contributed by atoms with E-state index in [1.807, 2.05) is 59.5 Å². The molecule has 0 radical (unpaired) electrons. The van der Waals surface area contributed by atoms with Crippen molar-refractivity contribution in [2.24, 2.45) is 11.8 Å². The summed E-state index contributed by atoms with van der Waals surface area (Å²) in [4.78, 5) is 36.4. The number of hydrogen-bond donors (Lipinski definition) is 2. The number of aromatic nitrogens is 4. The molecule has 2 aromatic carbocycles. The summed E-state index contributed by atoms with van der Waals surface area (Å²) in [6.45, 7) is 5.85. The second-order valence-electron chi connectivity index (χ2n) is 9.41. The van der Waals surface area contributed by atoms with Crippen LogP contribution in [0.1, 0.15) is 33.1 Å². The van der Waals surface area contributed by atoms with Gasteiger partial charge in [0.15, 0.2) is 11.5 Å². The number of nitrogens with one attached hydrogen (secondary N) is 2. The van der Waals surface area contributed by atoms with Crippen molar-refractivity contribution in [2.45, 2.75) is 33.1 Å². The maximum Gasteiger partial charge on any atom is 0.245 e. The van der Waals surface area contributed by atoms with Crippen LogP contribution in [0.25, 0.3) is 27.9 Å². The van der Waals surface area contributed by atoms with Crippen molar-refractivity contribution in [3.63, 3.8) is 0 Å². The summed E-state index contributed by atoms with van der Waals surface area (Å²) >= 11 is 0. The van der Waals surface area contributed by atoms with Gasteiger partial charge in [0.1, 0.15) is 0 Å². The van der Waals surface area contributed by atoms with Gasteiger partial charge in [-0.1, -0.05) is 56.3 Å². The Hall–Kier alpha value is -4.01. The second kappa shape index (κ2) is 9.69. The Morgan fingerprint density at radius 2 is 1.66 bits per heavy atom. The van der Waals surface area contributed by atoms with E-state index in [0.717, 1.165) is 36.0 Å². The quantitative estimate of drug-likeness (QED) is 0.416. The zero-order valence-corrected chi connectivity index (χ0v) is 19.9. The van der Waals surface area contributed by atoms with E-state index >= 15 is 0 Å². The van der Waals surface area contributed by atoms with Gasteiger partial charge in [-0.05, 0) is 30.4 Å². The van der Waals surface area contributed by atoms with Crippen LogP contribution in [0.4, 0.5) is 5.95 Å². The molecule has 2 N–H and O–H groups in total. The number of anilines is 1. The van der Waals surface area contributed by atoms with Crippen LogP contribution in [-0.2, 0) is 9.59 Å². The first kappa shape index (κ1) is 22.8. The highest BCUT2D eigenvalue weighted by molar-refractivity contribution is 5.93. The van der Waals surface area contributed by atoms with E-state index in [0.29, 0.717) is 29.3 Å². The number of amides is 2. The van der Waals surface area contributed by atoms with Crippen molar-refractivity contribution in [3.8, 4) is 11.4 Å². The van der Waals surface area contributed by atoms with Gasteiger partial charge >= 0.3 is 0 Å².